The fourth-order valence-electron chi connectivity index (χ4n) is 5.60. The van der Waals surface area contributed by atoms with Gasteiger partial charge in [-0.3, -0.25) is 4.79 Å². The van der Waals surface area contributed by atoms with Gasteiger partial charge in [0.05, 0.1) is 11.0 Å². The van der Waals surface area contributed by atoms with E-state index in [-0.39, 0.29) is 11.3 Å². The summed E-state index contributed by atoms with van der Waals surface area (Å²) in [6, 6.07) is 8.58. The van der Waals surface area contributed by atoms with Crippen LogP contribution in [0.15, 0.2) is 24.3 Å². The van der Waals surface area contributed by atoms with Crippen molar-refractivity contribution < 1.29 is 14.3 Å². The molecule has 0 radical (unpaired) electrons. The van der Waals surface area contributed by atoms with Gasteiger partial charge in [-0.25, -0.2) is 4.79 Å². The summed E-state index contributed by atoms with van der Waals surface area (Å²) in [6.07, 6.45) is 6.24. The average molecular weight is 352 g/mol. The maximum absolute atomic E-state index is 13.0. The molecule has 4 aliphatic rings. The van der Waals surface area contributed by atoms with Crippen LogP contribution in [0.4, 0.5) is 5.69 Å². The lowest BCUT2D eigenvalue weighted by atomic mass is 9.49. The highest BCUT2D eigenvalue weighted by molar-refractivity contribution is 5.96. The summed E-state index contributed by atoms with van der Waals surface area (Å²) in [7, 11) is 0. The highest BCUT2D eigenvalue weighted by Crippen LogP contribution is 2.60. The second-order valence-corrected chi connectivity index (χ2v) is 8.41. The number of nitriles is 1. The van der Waals surface area contributed by atoms with Crippen molar-refractivity contribution in [2.75, 3.05) is 5.32 Å². The number of carbonyl (C=O) groups excluding carboxylic acids is 2. The number of benzene rings is 1. The lowest BCUT2D eigenvalue weighted by Crippen LogP contribution is -2.51. The second kappa shape index (κ2) is 6.42. The van der Waals surface area contributed by atoms with Gasteiger partial charge in [0.2, 0.25) is 5.91 Å². The van der Waals surface area contributed by atoms with E-state index < -0.39 is 12.1 Å². The monoisotopic (exact) mass is 352 g/mol. The Bertz CT molecular complexity index is 727. The van der Waals surface area contributed by atoms with E-state index >= 15 is 0 Å². The molecule has 26 heavy (non-hydrogen) atoms. The molecule has 1 N–H and O–H groups in total. The van der Waals surface area contributed by atoms with Gasteiger partial charge < -0.3 is 10.1 Å². The summed E-state index contributed by atoms with van der Waals surface area (Å²) >= 11 is 0. The first kappa shape index (κ1) is 17.1. The second-order valence-electron chi connectivity index (χ2n) is 8.41. The van der Waals surface area contributed by atoms with Crippen molar-refractivity contribution in [3.05, 3.63) is 29.8 Å². The minimum Gasteiger partial charge on any atom is -0.444 e. The van der Waals surface area contributed by atoms with Crippen LogP contribution < -0.4 is 5.32 Å². The highest BCUT2D eigenvalue weighted by Gasteiger charge is 2.54. The zero-order valence-corrected chi connectivity index (χ0v) is 15.0. The van der Waals surface area contributed by atoms with Crippen LogP contribution in [0.2, 0.25) is 0 Å². The minimum atomic E-state index is -0.780. The Balaban J connectivity index is 1.42. The molecule has 1 atom stereocenters. The van der Waals surface area contributed by atoms with Crippen molar-refractivity contribution in [1.29, 1.82) is 5.26 Å². The summed E-state index contributed by atoms with van der Waals surface area (Å²) < 4.78 is 4.98. The van der Waals surface area contributed by atoms with Gasteiger partial charge in [0.1, 0.15) is 6.07 Å². The minimum absolute atomic E-state index is 0.144. The average Bonchev–Trinajstić information content (AvgIpc) is 2.61. The number of esters is 1. The molecule has 0 unspecified atom stereocenters. The number of amides is 1. The molecule has 1 amide bonds. The summed E-state index contributed by atoms with van der Waals surface area (Å²) in [4.78, 5) is 24.9. The number of anilines is 1. The maximum Gasteiger partial charge on any atom is 0.339 e. The highest BCUT2D eigenvalue weighted by atomic mass is 16.5. The normalized spacial score (nSPS) is 32.5. The molecular weight excluding hydrogens is 328 g/mol. The van der Waals surface area contributed by atoms with Crippen molar-refractivity contribution >= 4 is 17.6 Å². The summed E-state index contributed by atoms with van der Waals surface area (Å²) in [5.41, 5.74) is 0.893. The van der Waals surface area contributed by atoms with Crippen LogP contribution in [-0.4, -0.2) is 18.0 Å². The lowest BCUT2D eigenvalue weighted by Gasteiger charge is -2.55. The maximum atomic E-state index is 13.0. The number of rotatable bonds is 4. The third-order valence-electron chi connectivity index (χ3n) is 6.36. The first-order chi connectivity index (χ1) is 12.5. The smallest absolute Gasteiger partial charge is 0.339 e. The van der Waals surface area contributed by atoms with Gasteiger partial charge in [0, 0.05) is 5.69 Å². The summed E-state index contributed by atoms with van der Waals surface area (Å²) in [5.74, 6) is 1.80. The van der Waals surface area contributed by atoms with Crippen molar-refractivity contribution in [3.8, 4) is 6.07 Å². The molecule has 5 heteroatoms. The Kier molecular flexibility index (Phi) is 4.22. The number of hydrogen-bond donors (Lipinski definition) is 1. The SMILES string of the molecule is C[C@@H](C#N)OC(=O)c1ccc(NC(=O)C23CC4CC(CC(C4)C2)C3)cc1. The molecule has 0 spiro atoms. The number of ether oxygens (including phenoxy) is 1. The van der Waals surface area contributed by atoms with Crippen LogP contribution in [0.3, 0.4) is 0 Å². The van der Waals surface area contributed by atoms with E-state index in [1.165, 1.54) is 26.2 Å². The molecule has 1 aromatic carbocycles. The van der Waals surface area contributed by atoms with Crippen molar-refractivity contribution in [2.24, 2.45) is 23.2 Å². The fourth-order valence-corrected chi connectivity index (χ4v) is 5.60. The zero-order chi connectivity index (χ0) is 18.3. The quantitative estimate of drug-likeness (QED) is 0.833. The van der Waals surface area contributed by atoms with Gasteiger partial charge in [0.25, 0.3) is 0 Å². The predicted octanol–water partition coefficient (Wildman–Crippen LogP) is 3.91. The standard InChI is InChI=1S/C21H24N2O3/c1-13(12-22)26-19(24)17-2-4-18(5-3-17)23-20(25)21-9-14-6-15(10-21)8-16(7-14)11-21/h2-5,13-16H,6-11H2,1H3,(H,23,25)/t13-,14?,15?,16?,21?/m0/s1. The van der Waals surface area contributed by atoms with E-state index in [0.717, 1.165) is 37.0 Å². The Labute approximate surface area is 153 Å². The first-order valence-corrected chi connectivity index (χ1v) is 9.49. The first-order valence-electron chi connectivity index (χ1n) is 9.49. The molecule has 4 aliphatic carbocycles. The number of carbonyl (C=O) groups is 2. The van der Waals surface area contributed by atoms with Crippen molar-refractivity contribution in [2.45, 2.75) is 51.6 Å². The predicted molar refractivity (Wildman–Crippen MR) is 96.2 cm³/mol. The summed E-state index contributed by atoms with van der Waals surface area (Å²) in [6.45, 7) is 1.53. The molecule has 1 aromatic rings. The fraction of sp³-hybridized carbons (Fsp3) is 0.571. The van der Waals surface area contributed by atoms with Crippen LogP contribution >= 0.6 is 0 Å². The van der Waals surface area contributed by atoms with Crippen molar-refractivity contribution in [3.63, 3.8) is 0 Å². The van der Waals surface area contributed by atoms with E-state index in [2.05, 4.69) is 5.32 Å². The molecule has 5 nitrogen and oxygen atoms in total. The Morgan fingerprint density at radius 1 is 1.12 bits per heavy atom. The van der Waals surface area contributed by atoms with Crippen LogP contribution in [0.1, 0.15) is 55.8 Å². The van der Waals surface area contributed by atoms with E-state index in [9.17, 15) is 9.59 Å². The van der Waals surface area contributed by atoms with Crippen LogP contribution in [-0.2, 0) is 9.53 Å². The molecule has 4 fully saturated rings. The zero-order valence-electron chi connectivity index (χ0n) is 15.0. The Morgan fingerprint density at radius 2 is 1.65 bits per heavy atom. The topological polar surface area (TPSA) is 79.2 Å². The number of hydrogen-bond acceptors (Lipinski definition) is 4. The van der Waals surface area contributed by atoms with Crippen LogP contribution in [0, 0.1) is 34.5 Å². The van der Waals surface area contributed by atoms with E-state index in [4.69, 9.17) is 10.00 Å². The molecule has 0 aliphatic heterocycles. The molecule has 4 bridgehead atoms. The van der Waals surface area contributed by atoms with Gasteiger partial charge in [-0.1, -0.05) is 0 Å². The van der Waals surface area contributed by atoms with Crippen LogP contribution in [0.5, 0.6) is 0 Å². The molecule has 136 valence electrons. The Morgan fingerprint density at radius 3 is 2.15 bits per heavy atom. The molecule has 0 saturated heterocycles. The third kappa shape index (κ3) is 3.09. The van der Waals surface area contributed by atoms with Gasteiger partial charge in [0.15, 0.2) is 6.10 Å². The molecule has 4 saturated carbocycles. The van der Waals surface area contributed by atoms with Gasteiger partial charge in [-0.2, -0.15) is 5.26 Å². The molecule has 0 heterocycles. The van der Waals surface area contributed by atoms with E-state index in [0.29, 0.717) is 11.3 Å². The van der Waals surface area contributed by atoms with E-state index in [1.54, 1.807) is 24.3 Å². The van der Waals surface area contributed by atoms with Crippen molar-refractivity contribution in [1.82, 2.24) is 0 Å². The third-order valence-corrected chi connectivity index (χ3v) is 6.36. The Hall–Kier alpha value is -2.35. The lowest BCUT2D eigenvalue weighted by molar-refractivity contribution is -0.140. The van der Waals surface area contributed by atoms with Gasteiger partial charge in [-0.15, -0.1) is 0 Å². The molecule has 5 rings (SSSR count). The van der Waals surface area contributed by atoms with Crippen LogP contribution in [0.25, 0.3) is 0 Å². The molecular formula is C21H24N2O3. The van der Waals surface area contributed by atoms with E-state index in [1.807, 2.05) is 6.07 Å². The largest absolute Gasteiger partial charge is 0.444 e. The van der Waals surface area contributed by atoms with Gasteiger partial charge >= 0.3 is 5.97 Å². The number of nitrogens with one attached hydrogen (secondary N) is 1. The molecule has 0 aromatic heterocycles. The number of nitrogens with zero attached hydrogens (tertiary/aromatic N) is 1. The van der Waals surface area contributed by atoms with Gasteiger partial charge in [-0.05, 0) is 87.5 Å². The summed E-state index contributed by atoms with van der Waals surface area (Å²) in [5, 5.41) is 11.8.